The fraction of sp³-hybridized carbons (Fsp3) is 0.118. The van der Waals surface area contributed by atoms with Gasteiger partial charge in [-0.3, -0.25) is 4.98 Å². The van der Waals surface area contributed by atoms with Gasteiger partial charge in [0.25, 0.3) is 0 Å². The van der Waals surface area contributed by atoms with Crippen molar-refractivity contribution in [1.29, 1.82) is 0 Å². The molecule has 0 radical (unpaired) electrons. The third-order valence-corrected chi connectivity index (χ3v) is 3.61. The quantitative estimate of drug-likeness (QED) is 0.776. The highest BCUT2D eigenvalue weighted by atomic mass is 19.1. The summed E-state index contributed by atoms with van der Waals surface area (Å²) in [6, 6.07) is 11.0. The van der Waals surface area contributed by atoms with Gasteiger partial charge in [-0.15, -0.1) is 0 Å². The summed E-state index contributed by atoms with van der Waals surface area (Å²) in [4.78, 5) is 4.32. The van der Waals surface area contributed by atoms with Crippen molar-refractivity contribution in [2.75, 3.05) is 0 Å². The number of nitrogens with zero attached hydrogens (tertiary/aromatic N) is 1. The minimum atomic E-state index is -0.692. The molecule has 0 aliphatic heterocycles. The molecule has 1 unspecified atom stereocenters. The van der Waals surface area contributed by atoms with Gasteiger partial charge in [-0.1, -0.05) is 24.3 Å². The van der Waals surface area contributed by atoms with Gasteiger partial charge in [0.15, 0.2) is 0 Å². The normalized spacial score (nSPS) is 12.6. The molecule has 2 aromatic carbocycles. The minimum Gasteiger partial charge on any atom is -0.320 e. The number of halogens is 2. The number of aryl methyl sites for hydroxylation is 1. The lowest BCUT2D eigenvalue weighted by Crippen LogP contribution is -2.15. The number of rotatable bonds is 2. The average molecular weight is 284 g/mol. The van der Waals surface area contributed by atoms with Crippen LogP contribution in [0, 0.1) is 18.6 Å². The van der Waals surface area contributed by atoms with E-state index in [-0.39, 0.29) is 5.56 Å². The van der Waals surface area contributed by atoms with E-state index in [9.17, 15) is 8.78 Å². The number of para-hydroxylation sites is 1. The Hall–Kier alpha value is -2.33. The molecule has 0 saturated heterocycles. The smallest absolute Gasteiger partial charge is 0.131 e. The zero-order valence-electron chi connectivity index (χ0n) is 11.5. The first-order valence-electron chi connectivity index (χ1n) is 6.62. The summed E-state index contributed by atoms with van der Waals surface area (Å²) in [6.07, 6.45) is 1.67. The molecule has 0 fully saturated rings. The summed E-state index contributed by atoms with van der Waals surface area (Å²) in [7, 11) is 0. The van der Waals surface area contributed by atoms with Crippen molar-refractivity contribution in [2.24, 2.45) is 5.73 Å². The largest absolute Gasteiger partial charge is 0.320 e. The molecule has 0 spiro atoms. The maximum absolute atomic E-state index is 14.0. The Balaban J connectivity index is 2.17. The Morgan fingerprint density at radius 2 is 1.76 bits per heavy atom. The second-order valence-corrected chi connectivity index (χ2v) is 5.02. The molecule has 21 heavy (non-hydrogen) atoms. The lowest BCUT2D eigenvalue weighted by atomic mass is 9.95. The number of hydrogen-bond donors (Lipinski definition) is 1. The summed E-state index contributed by atoms with van der Waals surface area (Å²) >= 11 is 0. The predicted octanol–water partition coefficient (Wildman–Crippen LogP) is 3.87. The van der Waals surface area contributed by atoms with Crippen molar-refractivity contribution in [3.8, 4) is 0 Å². The van der Waals surface area contributed by atoms with Crippen LogP contribution in [0.2, 0.25) is 0 Å². The standard InChI is InChI=1S/C17H14F2N2/c1-10-8-13(15(19)9-14(10)18)16(20)12-6-2-4-11-5-3-7-21-17(11)12/h2-9,16H,20H2,1H3. The summed E-state index contributed by atoms with van der Waals surface area (Å²) < 4.78 is 27.4. The van der Waals surface area contributed by atoms with Crippen molar-refractivity contribution < 1.29 is 8.78 Å². The first kappa shape index (κ1) is 13.6. The third-order valence-electron chi connectivity index (χ3n) is 3.61. The van der Waals surface area contributed by atoms with Crippen LogP contribution in [-0.4, -0.2) is 4.98 Å². The molecule has 4 heteroatoms. The lowest BCUT2D eigenvalue weighted by Gasteiger charge is -2.16. The van der Waals surface area contributed by atoms with Crippen LogP contribution in [0.5, 0.6) is 0 Å². The zero-order chi connectivity index (χ0) is 15.0. The van der Waals surface area contributed by atoms with Crippen LogP contribution in [0.4, 0.5) is 8.78 Å². The third kappa shape index (κ3) is 2.38. The molecule has 1 heterocycles. The first-order chi connectivity index (χ1) is 10.1. The Morgan fingerprint density at radius 3 is 2.57 bits per heavy atom. The van der Waals surface area contributed by atoms with Crippen molar-refractivity contribution >= 4 is 10.9 Å². The number of benzene rings is 2. The van der Waals surface area contributed by atoms with E-state index >= 15 is 0 Å². The molecule has 1 atom stereocenters. The van der Waals surface area contributed by atoms with Crippen molar-refractivity contribution in [3.05, 3.63) is 77.0 Å². The molecule has 3 rings (SSSR count). The zero-order valence-corrected chi connectivity index (χ0v) is 11.5. The van der Waals surface area contributed by atoms with Crippen LogP contribution in [0.15, 0.2) is 48.7 Å². The van der Waals surface area contributed by atoms with Crippen LogP contribution in [0.3, 0.4) is 0 Å². The highest BCUT2D eigenvalue weighted by molar-refractivity contribution is 5.82. The van der Waals surface area contributed by atoms with Gasteiger partial charge in [-0.2, -0.15) is 0 Å². The summed E-state index contributed by atoms with van der Waals surface area (Å²) in [5, 5.41) is 0.935. The minimum absolute atomic E-state index is 0.270. The second kappa shape index (κ2) is 5.22. The molecular formula is C17H14F2N2. The van der Waals surface area contributed by atoms with Gasteiger partial charge >= 0.3 is 0 Å². The summed E-state index contributed by atoms with van der Waals surface area (Å²) in [5.41, 5.74) is 8.29. The Morgan fingerprint density at radius 1 is 1.00 bits per heavy atom. The fourth-order valence-electron chi connectivity index (χ4n) is 2.46. The molecule has 2 nitrogen and oxygen atoms in total. The predicted molar refractivity (Wildman–Crippen MR) is 78.9 cm³/mol. The molecule has 0 amide bonds. The summed E-state index contributed by atoms with van der Waals surface area (Å²) in [5.74, 6) is -1.21. The van der Waals surface area contributed by atoms with Gasteiger partial charge in [0.1, 0.15) is 11.6 Å². The van der Waals surface area contributed by atoms with E-state index in [1.54, 1.807) is 13.1 Å². The molecule has 3 aromatic rings. The number of nitrogens with two attached hydrogens (primary N) is 1. The first-order valence-corrected chi connectivity index (χ1v) is 6.62. The summed E-state index contributed by atoms with van der Waals surface area (Å²) in [6.45, 7) is 1.59. The topological polar surface area (TPSA) is 38.9 Å². The SMILES string of the molecule is Cc1cc(C(N)c2cccc3cccnc23)c(F)cc1F. The number of hydrogen-bond acceptors (Lipinski definition) is 2. The lowest BCUT2D eigenvalue weighted by molar-refractivity contribution is 0.561. The van der Waals surface area contributed by atoms with E-state index in [0.29, 0.717) is 5.56 Å². The van der Waals surface area contributed by atoms with Crippen LogP contribution >= 0.6 is 0 Å². The second-order valence-electron chi connectivity index (χ2n) is 5.02. The van der Waals surface area contributed by atoms with Gasteiger partial charge in [0.2, 0.25) is 0 Å². The van der Waals surface area contributed by atoms with E-state index in [4.69, 9.17) is 5.73 Å². The van der Waals surface area contributed by atoms with Gasteiger partial charge in [-0.05, 0) is 30.2 Å². The molecule has 0 bridgehead atoms. The van der Waals surface area contributed by atoms with Crippen molar-refractivity contribution in [1.82, 2.24) is 4.98 Å². The number of aromatic nitrogens is 1. The van der Waals surface area contributed by atoms with E-state index in [2.05, 4.69) is 4.98 Å². The average Bonchev–Trinajstić information content (AvgIpc) is 2.49. The highest BCUT2D eigenvalue weighted by Gasteiger charge is 2.18. The van der Waals surface area contributed by atoms with E-state index < -0.39 is 17.7 Å². The molecule has 1 aromatic heterocycles. The molecular weight excluding hydrogens is 270 g/mol. The maximum atomic E-state index is 14.0. The van der Waals surface area contributed by atoms with Crippen molar-refractivity contribution in [2.45, 2.75) is 13.0 Å². The van der Waals surface area contributed by atoms with Crippen LogP contribution in [0.1, 0.15) is 22.7 Å². The van der Waals surface area contributed by atoms with Gasteiger partial charge in [0, 0.05) is 23.2 Å². The fourth-order valence-corrected chi connectivity index (χ4v) is 2.46. The monoisotopic (exact) mass is 284 g/mol. The van der Waals surface area contributed by atoms with Crippen molar-refractivity contribution in [3.63, 3.8) is 0 Å². The van der Waals surface area contributed by atoms with Crippen LogP contribution in [-0.2, 0) is 0 Å². The number of fused-ring (bicyclic) bond motifs is 1. The molecule has 106 valence electrons. The van der Waals surface area contributed by atoms with Gasteiger partial charge in [0.05, 0.1) is 11.6 Å². The van der Waals surface area contributed by atoms with Crippen LogP contribution < -0.4 is 5.73 Å². The highest BCUT2D eigenvalue weighted by Crippen LogP contribution is 2.28. The van der Waals surface area contributed by atoms with E-state index in [1.807, 2.05) is 30.3 Å². The van der Waals surface area contributed by atoms with E-state index in [1.165, 1.54) is 6.07 Å². The Kier molecular flexibility index (Phi) is 3.39. The number of pyridine rings is 1. The van der Waals surface area contributed by atoms with Gasteiger partial charge < -0.3 is 5.73 Å². The molecule has 0 aliphatic rings. The molecule has 0 aliphatic carbocycles. The Bertz CT molecular complexity index is 810. The van der Waals surface area contributed by atoms with E-state index in [0.717, 1.165) is 22.5 Å². The van der Waals surface area contributed by atoms with Gasteiger partial charge in [-0.25, -0.2) is 8.78 Å². The molecule has 2 N–H and O–H groups in total. The Labute approximate surface area is 121 Å². The molecule has 0 saturated carbocycles. The van der Waals surface area contributed by atoms with Crippen LogP contribution in [0.25, 0.3) is 10.9 Å². The maximum Gasteiger partial charge on any atom is 0.131 e.